The first-order valence-corrected chi connectivity index (χ1v) is 6.87. The molecule has 0 spiro atoms. The van der Waals surface area contributed by atoms with Crippen LogP contribution in [0.25, 0.3) is 0 Å². The maximum atomic E-state index is 12.2. The largest absolute Gasteiger partial charge is 0.326 e. The molecule has 0 fully saturated rings. The van der Waals surface area contributed by atoms with Crippen LogP contribution in [-0.4, -0.2) is 16.7 Å². The highest BCUT2D eigenvalue weighted by Crippen LogP contribution is 2.24. The van der Waals surface area contributed by atoms with Crippen LogP contribution >= 0.6 is 11.6 Å². The van der Waals surface area contributed by atoms with Gasteiger partial charge in [-0.25, -0.2) is 0 Å². The van der Waals surface area contributed by atoms with Crippen LogP contribution in [-0.2, 0) is 4.79 Å². The summed E-state index contributed by atoms with van der Waals surface area (Å²) in [5, 5.41) is 16.3. The van der Waals surface area contributed by atoms with Crippen LogP contribution < -0.4 is 10.6 Å². The summed E-state index contributed by atoms with van der Waals surface area (Å²) >= 11 is 5.79. The molecule has 2 aromatic carbocycles. The quantitative estimate of drug-likeness (QED) is 0.660. The first-order chi connectivity index (χ1) is 10.9. The van der Waals surface area contributed by atoms with E-state index in [0.717, 1.165) is 0 Å². The van der Waals surface area contributed by atoms with Crippen LogP contribution in [0.2, 0.25) is 5.02 Å². The molecule has 0 aromatic heterocycles. The SMILES string of the molecule is CC(=O)Nc1ccc(NC(=O)c2cc(Cl)ccc2[N+](=O)[O-])cc1. The van der Waals surface area contributed by atoms with E-state index in [-0.39, 0.29) is 22.2 Å². The van der Waals surface area contributed by atoms with Crippen molar-refractivity contribution in [1.82, 2.24) is 0 Å². The van der Waals surface area contributed by atoms with Gasteiger partial charge in [0.1, 0.15) is 5.56 Å². The lowest BCUT2D eigenvalue weighted by Gasteiger charge is -2.07. The summed E-state index contributed by atoms with van der Waals surface area (Å²) < 4.78 is 0. The fraction of sp³-hybridized carbons (Fsp3) is 0.0667. The van der Waals surface area contributed by atoms with Crippen LogP contribution in [0, 0.1) is 10.1 Å². The second-order valence-electron chi connectivity index (χ2n) is 4.63. The van der Waals surface area contributed by atoms with Gasteiger partial charge in [-0.05, 0) is 36.4 Å². The Morgan fingerprint density at radius 2 is 1.61 bits per heavy atom. The molecule has 2 rings (SSSR count). The molecular weight excluding hydrogens is 322 g/mol. The third kappa shape index (κ3) is 4.27. The van der Waals surface area contributed by atoms with Gasteiger partial charge in [0.05, 0.1) is 4.92 Å². The van der Waals surface area contributed by atoms with Crippen molar-refractivity contribution in [3.63, 3.8) is 0 Å². The fourth-order valence-electron chi connectivity index (χ4n) is 1.89. The van der Waals surface area contributed by atoms with Gasteiger partial charge in [-0.3, -0.25) is 19.7 Å². The number of hydrogen-bond donors (Lipinski definition) is 2. The number of nitro groups is 1. The average Bonchev–Trinajstić information content (AvgIpc) is 2.48. The van der Waals surface area contributed by atoms with E-state index in [1.165, 1.54) is 25.1 Å². The Morgan fingerprint density at radius 3 is 2.13 bits per heavy atom. The molecule has 0 saturated heterocycles. The molecule has 0 aliphatic rings. The molecule has 0 unspecified atom stereocenters. The summed E-state index contributed by atoms with van der Waals surface area (Å²) in [4.78, 5) is 33.5. The van der Waals surface area contributed by atoms with Crippen LogP contribution in [0.3, 0.4) is 0 Å². The minimum atomic E-state index is -0.648. The molecule has 8 heteroatoms. The number of rotatable bonds is 4. The smallest absolute Gasteiger partial charge is 0.282 e. The van der Waals surface area contributed by atoms with Crippen LogP contribution in [0.15, 0.2) is 42.5 Å². The van der Waals surface area contributed by atoms with Gasteiger partial charge in [0, 0.05) is 29.4 Å². The van der Waals surface area contributed by atoms with Crippen molar-refractivity contribution < 1.29 is 14.5 Å². The minimum Gasteiger partial charge on any atom is -0.326 e. The summed E-state index contributed by atoms with van der Waals surface area (Å²) in [5.41, 5.74) is 0.540. The molecule has 0 aliphatic heterocycles. The van der Waals surface area contributed by atoms with Crippen molar-refractivity contribution in [2.24, 2.45) is 0 Å². The Hall–Kier alpha value is -2.93. The first-order valence-electron chi connectivity index (χ1n) is 6.50. The Labute approximate surface area is 136 Å². The highest BCUT2D eigenvalue weighted by Gasteiger charge is 2.20. The highest BCUT2D eigenvalue weighted by atomic mass is 35.5. The molecule has 0 saturated carbocycles. The van der Waals surface area contributed by atoms with Crippen LogP contribution in [0.5, 0.6) is 0 Å². The lowest BCUT2D eigenvalue weighted by molar-refractivity contribution is -0.385. The monoisotopic (exact) mass is 333 g/mol. The van der Waals surface area contributed by atoms with Crippen molar-refractivity contribution >= 4 is 40.5 Å². The van der Waals surface area contributed by atoms with Gasteiger partial charge in [-0.2, -0.15) is 0 Å². The van der Waals surface area contributed by atoms with E-state index in [4.69, 9.17) is 11.6 Å². The normalized spacial score (nSPS) is 10.0. The van der Waals surface area contributed by atoms with Gasteiger partial charge < -0.3 is 10.6 Å². The molecule has 0 heterocycles. The number of carbonyl (C=O) groups is 2. The molecular formula is C15H12ClN3O4. The number of hydrogen-bond acceptors (Lipinski definition) is 4. The number of amides is 2. The summed E-state index contributed by atoms with van der Waals surface area (Å²) in [7, 11) is 0. The summed E-state index contributed by atoms with van der Waals surface area (Å²) in [6, 6.07) is 10.1. The summed E-state index contributed by atoms with van der Waals surface area (Å²) in [6.07, 6.45) is 0. The van der Waals surface area contributed by atoms with Crippen LogP contribution in [0.1, 0.15) is 17.3 Å². The second-order valence-corrected chi connectivity index (χ2v) is 5.07. The molecule has 7 nitrogen and oxygen atoms in total. The zero-order chi connectivity index (χ0) is 17.0. The number of nitrogens with one attached hydrogen (secondary N) is 2. The molecule has 0 radical (unpaired) electrons. The highest BCUT2D eigenvalue weighted by molar-refractivity contribution is 6.31. The fourth-order valence-corrected chi connectivity index (χ4v) is 2.06. The summed E-state index contributed by atoms with van der Waals surface area (Å²) in [5.74, 6) is -0.859. The van der Waals surface area contributed by atoms with Gasteiger partial charge in [0.25, 0.3) is 11.6 Å². The number of anilines is 2. The van der Waals surface area contributed by atoms with Gasteiger partial charge >= 0.3 is 0 Å². The lowest BCUT2D eigenvalue weighted by atomic mass is 10.1. The molecule has 2 aromatic rings. The van der Waals surface area contributed by atoms with E-state index < -0.39 is 10.8 Å². The number of carbonyl (C=O) groups excluding carboxylic acids is 2. The Balaban J connectivity index is 2.20. The Morgan fingerprint density at radius 1 is 1.04 bits per heavy atom. The predicted octanol–water partition coefficient (Wildman–Crippen LogP) is 3.46. The molecule has 118 valence electrons. The van der Waals surface area contributed by atoms with Gasteiger partial charge in [-0.1, -0.05) is 11.6 Å². The minimum absolute atomic E-state index is 0.131. The summed E-state index contributed by atoms with van der Waals surface area (Å²) in [6.45, 7) is 1.38. The van der Waals surface area contributed by atoms with Crippen molar-refractivity contribution in [2.75, 3.05) is 10.6 Å². The van der Waals surface area contributed by atoms with E-state index >= 15 is 0 Å². The Kier molecular flexibility index (Phi) is 4.92. The van der Waals surface area contributed by atoms with Gasteiger partial charge in [0.15, 0.2) is 0 Å². The Bertz CT molecular complexity index is 775. The first kappa shape index (κ1) is 16.4. The number of nitro benzene ring substituents is 1. The lowest BCUT2D eigenvalue weighted by Crippen LogP contribution is -2.14. The molecule has 23 heavy (non-hydrogen) atoms. The molecule has 0 atom stereocenters. The molecule has 0 aliphatic carbocycles. The maximum absolute atomic E-state index is 12.2. The van der Waals surface area contributed by atoms with Crippen LogP contribution in [0.4, 0.5) is 17.1 Å². The van der Waals surface area contributed by atoms with Crippen molar-refractivity contribution in [1.29, 1.82) is 0 Å². The van der Waals surface area contributed by atoms with E-state index in [0.29, 0.717) is 11.4 Å². The van der Waals surface area contributed by atoms with Crippen molar-refractivity contribution in [2.45, 2.75) is 6.92 Å². The number of nitrogens with zero attached hydrogens (tertiary/aromatic N) is 1. The second kappa shape index (κ2) is 6.89. The topological polar surface area (TPSA) is 101 Å². The van der Waals surface area contributed by atoms with E-state index in [9.17, 15) is 19.7 Å². The van der Waals surface area contributed by atoms with Crippen molar-refractivity contribution in [3.05, 3.63) is 63.2 Å². The standard InChI is InChI=1S/C15H12ClN3O4/c1-9(20)17-11-3-5-12(6-4-11)18-15(21)13-8-10(16)2-7-14(13)19(22)23/h2-8H,1H3,(H,17,20)(H,18,21). The number of benzene rings is 2. The number of halogens is 1. The molecule has 2 N–H and O–H groups in total. The van der Waals surface area contributed by atoms with E-state index in [1.54, 1.807) is 24.3 Å². The zero-order valence-corrected chi connectivity index (χ0v) is 12.8. The van der Waals surface area contributed by atoms with E-state index in [2.05, 4.69) is 10.6 Å². The third-order valence-corrected chi connectivity index (χ3v) is 3.10. The average molecular weight is 334 g/mol. The molecule has 0 bridgehead atoms. The third-order valence-electron chi connectivity index (χ3n) is 2.86. The predicted molar refractivity (Wildman–Crippen MR) is 86.8 cm³/mol. The zero-order valence-electron chi connectivity index (χ0n) is 12.0. The van der Waals surface area contributed by atoms with Gasteiger partial charge in [-0.15, -0.1) is 0 Å². The van der Waals surface area contributed by atoms with Crippen molar-refractivity contribution in [3.8, 4) is 0 Å². The molecule has 2 amide bonds. The maximum Gasteiger partial charge on any atom is 0.282 e. The van der Waals surface area contributed by atoms with Gasteiger partial charge in [0.2, 0.25) is 5.91 Å². The van der Waals surface area contributed by atoms with E-state index in [1.807, 2.05) is 0 Å².